The highest BCUT2D eigenvalue weighted by Gasteiger charge is 2.11. The van der Waals surface area contributed by atoms with Crippen LogP contribution in [-0.2, 0) is 5.33 Å². The number of methoxy groups -OCH3 is 1. The van der Waals surface area contributed by atoms with Gasteiger partial charge in [0.1, 0.15) is 5.75 Å². The molecule has 0 fully saturated rings. The molecule has 1 heterocycles. The van der Waals surface area contributed by atoms with Crippen molar-refractivity contribution in [3.8, 4) is 5.75 Å². The highest BCUT2D eigenvalue weighted by Crippen LogP contribution is 2.36. The van der Waals surface area contributed by atoms with Crippen molar-refractivity contribution in [1.82, 2.24) is 0 Å². The van der Waals surface area contributed by atoms with Crippen LogP contribution in [0.2, 0.25) is 0 Å². The number of hydrogen-bond acceptors (Lipinski definition) is 2. The molecule has 0 saturated carbocycles. The SMILES string of the molecule is COc1cc2ccsc2c(I)c1CBr. The Morgan fingerprint density at radius 3 is 3.00 bits per heavy atom. The fourth-order valence-corrected chi connectivity index (χ4v) is 4.46. The minimum atomic E-state index is 0.836. The molecule has 0 spiro atoms. The molecule has 0 unspecified atom stereocenters. The standard InChI is InChI=1S/C10H8BrIOS/c1-13-8-4-6-2-3-14-10(6)9(12)7(8)5-11/h2-4H,5H2,1H3. The first-order valence-electron chi connectivity index (χ1n) is 4.06. The van der Waals surface area contributed by atoms with Gasteiger partial charge in [0.2, 0.25) is 0 Å². The lowest BCUT2D eigenvalue weighted by molar-refractivity contribution is 0.412. The number of benzene rings is 1. The monoisotopic (exact) mass is 382 g/mol. The number of thiophene rings is 1. The number of alkyl halides is 1. The molecule has 4 heteroatoms. The van der Waals surface area contributed by atoms with Crippen molar-refractivity contribution in [2.75, 3.05) is 7.11 Å². The third-order valence-electron chi connectivity index (χ3n) is 2.10. The summed E-state index contributed by atoms with van der Waals surface area (Å²) in [6, 6.07) is 4.23. The van der Waals surface area contributed by atoms with Crippen LogP contribution < -0.4 is 4.74 Å². The smallest absolute Gasteiger partial charge is 0.124 e. The average Bonchev–Trinajstić information content (AvgIpc) is 2.65. The van der Waals surface area contributed by atoms with Crippen LogP contribution in [0.3, 0.4) is 0 Å². The predicted octanol–water partition coefficient (Wildman–Crippen LogP) is 4.41. The highest BCUT2D eigenvalue weighted by molar-refractivity contribution is 14.1. The predicted molar refractivity (Wildman–Crippen MR) is 73.7 cm³/mol. The van der Waals surface area contributed by atoms with Gasteiger partial charge in [0.25, 0.3) is 0 Å². The molecule has 0 bridgehead atoms. The average molecular weight is 383 g/mol. The van der Waals surface area contributed by atoms with Crippen molar-refractivity contribution < 1.29 is 4.74 Å². The van der Waals surface area contributed by atoms with Crippen LogP contribution in [0.5, 0.6) is 5.75 Å². The Kier molecular flexibility index (Phi) is 3.34. The van der Waals surface area contributed by atoms with Gasteiger partial charge < -0.3 is 4.74 Å². The van der Waals surface area contributed by atoms with Crippen molar-refractivity contribution in [2.45, 2.75) is 5.33 Å². The summed E-state index contributed by atoms with van der Waals surface area (Å²) in [5, 5.41) is 4.22. The Morgan fingerprint density at radius 2 is 2.36 bits per heavy atom. The quantitative estimate of drug-likeness (QED) is 0.552. The van der Waals surface area contributed by atoms with Crippen molar-refractivity contribution in [2.24, 2.45) is 0 Å². The fraction of sp³-hybridized carbons (Fsp3) is 0.200. The number of halogens is 2. The topological polar surface area (TPSA) is 9.23 Å². The summed E-state index contributed by atoms with van der Waals surface area (Å²) in [5.74, 6) is 0.970. The van der Waals surface area contributed by atoms with Crippen LogP contribution in [0, 0.1) is 3.57 Å². The first kappa shape index (κ1) is 10.7. The Balaban J connectivity index is 2.79. The molecule has 0 N–H and O–H groups in total. The summed E-state index contributed by atoms with van der Waals surface area (Å²) in [6.07, 6.45) is 0. The fourth-order valence-electron chi connectivity index (χ4n) is 1.39. The first-order chi connectivity index (χ1) is 6.77. The van der Waals surface area contributed by atoms with E-state index in [1.54, 1.807) is 18.4 Å². The van der Waals surface area contributed by atoms with Gasteiger partial charge in [-0.2, -0.15) is 0 Å². The highest BCUT2D eigenvalue weighted by atomic mass is 127. The second-order valence-corrected chi connectivity index (χ2v) is 5.40. The lowest BCUT2D eigenvalue weighted by Gasteiger charge is -2.09. The van der Waals surface area contributed by atoms with E-state index in [2.05, 4.69) is 56.0 Å². The minimum Gasteiger partial charge on any atom is -0.496 e. The number of rotatable bonds is 2. The molecule has 0 amide bonds. The first-order valence-corrected chi connectivity index (χ1v) is 7.14. The molecule has 0 aliphatic rings. The van der Waals surface area contributed by atoms with Crippen LogP contribution in [-0.4, -0.2) is 7.11 Å². The third-order valence-corrected chi connectivity index (χ3v) is 5.16. The van der Waals surface area contributed by atoms with Gasteiger partial charge in [-0.25, -0.2) is 0 Å². The number of fused-ring (bicyclic) bond motifs is 1. The molecular weight excluding hydrogens is 375 g/mol. The Morgan fingerprint density at radius 1 is 1.57 bits per heavy atom. The largest absolute Gasteiger partial charge is 0.496 e. The molecule has 14 heavy (non-hydrogen) atoms. The van der Waals surface area contributed by atoms with Gasteiger partial charge >= 0.3 is 0 Å². The van der Waals surface area contributed by atoms with Crippen LogP contribution in [0.1, 0.15) is 5.56 Å². The maximum Gasteiger partial charge on any atom is 0.124 e. The molecule has 2 rings (SSSR count). The summed E-state index contributed by atoms with van der Waals surface area (Å²) in [6.45, 7) is 0. The van der Waals surface area contributed by atoms with Crippen molar-refractivity contribution in [3.05, 3.63) is 26.6 Å². The second-order valence-electron chi connectivity index (χ2n) is 2.84. The van der Waals surface area contributed by atoms with Gasteiger partial charge in [-0.3, -0.25) is 0 Å². The van der Waals surface area contributed by atoms with Gasteiger partial charge in [-0.05, 0) is 45.5 Å². The molecule has 0 radical (unpaired) electrons. The Labute approximate surface area is 109 Å². The molecule has 1 nitrogen and oxygen atoms in total. The molecule has 2 aromatic rings. The van der Waals surface area contributed by atoms with Crippen LogP contribution in [0.4, 0.5) is 0 Å². The molecular formula is C10H8BrIOS. The van der Waals surface area contributed by atoms with E-state index >= 15 is 0 Å². The van der Waals surface area contributed by atoms with E-state index in [4.69, 9.17) is 4.74 Å². The maximum absolute atomic E-state index is 5.36. The van der Waals surface area contributed by atoms with Crippen LogP contribution in [0.25, 0.3) is 10.1 Å². The van der Waals surface area contributed by atoms with Crippen molar-refractivity contribution in [3.63, 3.8) is 0 Å². The number of ether oxygens (including phenoxy) is 1. The van der Waals surface area contributed by atoms with Crippen molar-refractivity contribution >= 4 is 59.9 Å². The summed E-state index contributed by atoms with van der Waals surface area (Å²) in [4.78, 5) is 0. The lowest BCUT2D eigenvalue weighted by Crippen LogP contribution is -1.92. The normalized spacial score (nSPS) is 10.8. The molecule has 0 aliphatic carbocycles. The van der Waals surface area contributed by atoms with E-state index in [-0.39, 0.29) is 0 Å². The Hall–Kier alpha value is 0.190. The molecule has 1 aromatic carbocycles. The van der Waals surface area contributed by atoms with Gasteiger partial charge in [0.15, 0.2) is 0 Å². The number of hydrogen-bond donors (Lipinski definition) is 0. The van der Waals surface area contributed by atoms with E-state index in [9.17, 15) is 0 Å². The van der Waals surface area contributed by atoms with E-state index in [0.29, 0.717) is 0 Å². The van der Waals surface area contributed by atoms with Crippen molar-refractivity contribution in [1.29, 1.82) is 0 Å². The van der Waals surface area contributed by atoms with E-state index in [1.807, 2.05) is 0 Å². The van der Waals surface area contributed by atoms with Gasteiger partial charge in [0, 0.05) is 19.2 Å². The zero-order chi connectivity index (χ0) is 10.1. The maximum atomic E-state index is 5.36. The molecule has 0 atom stereocenters. The third kappa shape index (κ3) is 1.67. The van der Waals surface area contributed by atoms with Gasteiger partial charge in [-0.15, -0.1) is 11.3 Å². The summed E-state index contributed by atoms with van der Waals surface area (Å²) in [7, 11) is 1.72. The molecule has 0 aliphatic heterocycles. The van der Waals surface area contributed by atoms with E-state index in [1.165, 1.54) is 19.2 Å². The lowest BCUT2D eigenvalue weighted by atomic mass is 10.2. The zero-order valence-electron chi connectivity index (χ0n) is 7.51. The van der Waals surface area contributed by atoms with Crippen LogP contribution >= 0.6 is 49.9 Å². The zero-order valence-corrected chi connectivity index (χ0v) is 12.1. The summed E-state index contributed by atoms with van der Waals surface area (Å²) >= 11 is 7.66. The second kappa shape index (κ2) is 4.37. The van der Waals surface area contributed by atoms with E-state index < -0.39 is 0 Å². The summed E-state index contributed by atoms with van der Waals surface area (Å²) in [5.41, 5.74) is 1.24. The van der Waals surface area contributed by atoms with Gasteiger partial charge in [-0.1, -0.05) is 15.9 Å². The van der Waals surface area contributed by atoms with E-state index in [0.717, 1.165) is 11.1 Å². The minimum absolute atomic E-state index is 0.836. The molecule has 0 saturated heterocycles. The molecule has 1 aromatic heterocycles. The summed E-state index contributed by atoms with van der Waals surface area (Å²) < 4.78 is 8.01. The Bertz CT molecular complexity index is 466. The van der Waals surface area contributed by atoms with Crippen LogP contribution in [0.15, 0.2) is 17.5 Å². The van der Waals surface area contributed by atoms with Gasteiger partial charge in [0.05, 0.1) is 7.11 Å². The molecule has 74 valence electrons.